The van der Waals surface area contributed by atoms with Gasteiger partial charge in [-0.05, 0) is 19.1 Å². The van der Waals surface area contributed by atoms with Crippen LogP contribution in [-0.4, -0.2) is 15.8 Å². The van der Waals surface area contributed by atoms with Gasteiger partial charge in [0, 0.05) is 11.6 Å². The van der Waals surface area contributed by atoms with Crippen LogP contribution in [0.4, 0.5) is 11.4 Å². The Bertz CT molecular complexity index is 682. The fourth-order valence-corrected chi connectivity index (χ4v) is 1.69. The maximum absolute atomic E-state index is 11.9. The van der Waals surface area contributed by atoms with E-state index in [-0.39, 0.29) is 23.5 Å². The monoisotopic (exact) mass is 291 g/mol. The Kier molecular flexibility index (Phi) is 4.14. The SMILES string of the molecule is Cc1cnc(CNC(=O)c2ccc(NN)c([N+](=O)[O-])c2)o1. The number of carbonyl (C=O) groups is 1. The molecule has 21 heavy (non-hydrogen) atoms. The zero-order valence-corrected chi connectivity index (χ0v) is 11.1. The number of aryl methyl sites for hydroxylation is 1. The van der Waals surface area contributed by atoms with Gasteiger partial charge in [0.15, 0.2) is 0 Å². The second-order valence-electron chi connectivity index (χ2n) is 4.18. The summed E-state index contributed by atoms with van der Waals surface area (Å²) in [7, 11) is 0. The van der Waals surface area contributed by atoms with Gasteiger partial charge in [0.25, 0.3) is 11.6 Å². The molecule has 9 nitrogen and oxygen atoms in total. The van der Waals surface area contributed by atoms with E-state index in [0.717, 1.165) is 6.07 Å². The molecule has 2 aromatic rings. The number of nitrogen functional groups attached to an aromatic ring is 1. The van der Waals surface area contributed by atoms with E-state index in [9.17, 15) is 14.9 Å². The van der Waals surface area contributed by atoms with Gasteiger partial charge in [-0.2, -0.15) is 0 Å². The number of oxazole rings is 1. The molecule has 0 fully saturated rings. The highest BCUT2D eigenvalue weighted by Crippen LogP contribution is 2.24. The van der Waals surface area contributed by atoms with Crippen molar-refractivity contribution in [2.24, 2.45) is 5.84 Å². The predicted molar refractivity (Wildman–Crippen MR) is 73.3 cm³/mol. The van der Waals surface area contributed by atoms with Crippen LogP contribution in [0.5, 0.6) is 0 Å². The number of carbonyl (C=O) groups excluding carboxylic acids is 1. The number of nitrogens with zero attached hydrogens (tertiary/aromatic N) is 2. The maximum atomic E-state index is 11.9. The van der Waals surface area contributed by atoms with Crippen molar-refractivity contribution < 1.29 is 14.1 Å². The first kappa shape index (κ1) is 14.5. The third-order valence-electron chi connectivity index (χ3n) is 2.68. The van der Waals surface area contributed by atoms with Gasteiger partial charge in [0.1, 0.15) is 11.4 Å². The van der Waals surface area contributed by atoms with E-state index in [4.69, 9.17) is 10.3 Å². The number of nitro benzene ring substituents is 1. The summed E-state index contributed by atoms with van der Waals surface area (Å²) >= 11 is 0. The molecule has 0 saturated carbocycles. The second-order valence-corrected chi connectivity index (χ2v) is 4.18. The van der Waals surface area contributed by atoms with Gasteiger partial charge in [0.05, 0.1) is 17.7 Å². The largest absolute Gasteiger partial charge is 0.444 e. The van der Waals surface area contributed by atoms with E-state index in [1.54, 1.807) is 6.92 Å². The molecule has 1 aromatic heterocycles. The van der Waals surface area contributed by atoms with Gasteiger partial charge in [-0.15, -0.1) is 0 Å². The number of amides is 1. The normalized spacial score (nSPS) is 10.2. The van der Waals surface area contributed by atoms with Crippen LogP contribution >= 0.6 is 0 Å². The van der Waals surface area contributed by atoms with Crippen molar-refractivity contribution in [1.29, 1.82) is 0 Å². The molecule has 1 heterocycles. The number of hydrogen-bond acceptors (Lipinski definition) is 7. The van der Waals surface area contributed by atoms with Crippen LogP contribution in [0, 0.1) is 17.0 Å². The second kappa shape index (κ2) is 6.01. The van der Waals surface area contributed by atoms with E-state index >= 15 is 0 Å². The van der Waals surface area contributed by atoms with Crippen molar-refractivity contribution >= 4 is 17.3 Å². The molecule has 0 saturated heterocycles. The van der Waals surface area contributed by atoms with Crippen LogP contribution in [0.2, 0.25) is 0 Å². The number of nitro groups is 1. The Labute approximate surface area is 119 Å². The molecule has 0 unspecified atom stereocenters. The van der Waals surface area contributed by atoms with Crippen LogP contribution in [-0.2, 0) is 6.54 Å². The third-order valence-corrected chi connectivity index (χ3v) is 2.68. The number of nitrogens with one attached hydrogen (secondary N) is 2. The van der Waals surface area contributed by atoms with Crippen molar-refractivity contribution in [2.75, 3.05) is 5.43 Å². The van der Waals surface area contributed by atoms with Gasteiger partial charge in [-0.25, -0.2) is 4.98 Å². The van der Waals surface area contributed by atoms with Crippen LogP contribution in [0.3, 0.4) is 0 Å². The summed E-state index contributed by atoms with van der Waals surface area (Å²) in [5.41, 5.74) is 2.19. The molecule has 9 heteroatoms. The first-order valence-electron chi connectivity index (χ1n) is 5.96. The fraction of sp³-hybridized carbons (Fsp3) is 0.167. The summed E-state index contributed by atoms with van der Waals surface area (Å²) < 4.78 is 5.21. The highest BCUT2D eigenvalue weighted by atomic mass is 16.6. The van der Waals surface area contributed by atoms with E-state index in [2.05, 4.69) is 15.7 Å². The van der Waals surface area contributed by atoms with Crippen molar-refractivity contribution in [3.8, 4) is 0 Å². The zero-order valence-electron chi connectivity index (χ0n) is 11.1. The smallest absolute Gasteiger partial charge is 0.294 e. The summed E-state index contributed by atoms with van der Waals surface area (Å²) in [6, 6.07) is 3.94. The number of hydrogen-bond donors (Lipinski definition) is 3. The molecule has 0 spiro atoms. The van der Waals surface area contributed by atoms with Crippen LogP contribution < -0.4 is 16.6 Å². The summed E-state index contributed by atoms with van der Waals surface area (Å²) in [5.74, 6) is 5.69. The van der Waals surface area contributed by atoms with Gasteiger partial charge in [-0.3, -0.25) is 20.8 Å². The molecule has 0 atom stereocenters. The number of rotatable bonds is 5. The molecule has 0 radical (unpaired) electrons. The lowest BCUT2D eigenvalue weighted by molar-refractivity contribution is -0.384. The number of benzene rings is 1. The topological polar surface area (TPSA) is 136 Å². The first-order valence-corrected chi connectivity index (χ1v) is 5.96. The number of aromatic nitrogens is 1. The molecule has 2 rings (SSSR count). The minimum absolute atomic E-state index is 0.0946. The Balaban J connectivity index is 2.12. The quantitative estimate of drug-likeness (QED) is 0.426. The first-order chi connectivity index (χ1) is 10.0. The third kappa shape index (κ3) is 3.34. The lowest BCUT2D eigenvalue weighted by atomic mass is 10.1. The van der Waals surface area contributed by atoms with E-state index in [1.165, 1.54) is 18.3 Å². The minimum atomic E-state index is -0.622. The molecular weight excluding hydrogens is 278 g/mol. The Hall–Kier alpha value is -2.94. The van der Waals surface area contributed by atoms with E-state index in [0.29, 0.717) is 11.7 Å². The maximum Gasteiger partial charge on any atom is 0.294 e. The summed E-state index contributed by atoms with van der Waals surface area (Å²) in [6.45, 7) is 1.83. The van der Waals surface area contributed by atoms with Gasteiger partial charge in [-0.1, -0.05) is 0 Å². The molecule has 1 amide bonds. The molecule has 1 aromatic carbocycles. The van der Waals surface area contributed by atoms with Crippen molar-refractivity contribution in [3.63, 3.8) is 0 Å². The minimum Gasteiger partial charge on any atom is -0.444 e. The predicted octanol–water partition coefficient (Wildman–Crippen LogP) is 1.11. The average Bonchev–Trinajstić information content (AvgIpc) is 2.89. The van der Waals surface area contributed by atoms with Crippen molar-refractivity contribution in [1.82, 2.24) is 10.3 Å². The van der Waals surface area contributed by atoms with Crippen LogP contribution in [0.25, 0.3) is 0 Å². The molecule has 0 aliphatic heterocycles. The van der Waals surface area contributed by atoms with Gasteiger partial charge < -0.3 is 15.2 Å². The Morgan fingerprint density at radius 2 is 2.29 bits per heavy atom. The van der Waals surface area contributed by atoms with E-state index < -0.39 is 10.8 Å². The van der Waals surface area contributed by atoms with E-state index in [1.807, 2.05) is 0 Å². The Morgan fingerprint density at radius 1 is 1.52 bits per heavy atom. The highest BCUT2D eigenvalue weighted by Gasteiger charge is 2.17. The summed E-state index contributed by atoms with van der Waals surface area (Å²) in [5, 5.41) is 13.5. The molecule has 0 bridgehead atoms. The standard InChI is InChI=1S/C12H13N5O4/c1-7-5-14-11(21-7)6-15-12(18)8-2-3-9(16-13)10(4-8)17(19)20/h2-5,16H,6,13H2,1H3,(H,15,18). The molecule has 110 valence electrons. The zero-order chi connectivity index (χ0) is 15.4. The van der Waals surface area contributed by atoms with Crippen molar-refractivity contribution in [2.45, 2.75) is 13.5 Å². The van der Waals surface area contributed by atoms with Crippen LogP contribution in [0.15, 0.2) is 28.8 Å². The molecular formula is C12H13N5O4. The number of hydrazine groups is 1. The fourth-order valence-electron chi connectivity index (χ4n) is 1.69. The number of nitrogens with two attached hydrogens (primary N) is 1. The van der Waals surface area contributed by atoms with Crippen molar-refractivity contribution in [3.05, 3.63) is 51.7 Å². The van der Waals surface area contributed by atoms with Gasteiger partial charge in [0.2, 0.25) is 5.89 Å². The summed E-state index contributed by atoms with van der Waals surface area (Å²) in [6.07, 6.45) is 1.54. The highest BCUT2D eigenvalue weighted by molar-refractivity contribution is 5.95. The lowest BCUT2D eigenvalue weighted by Gasteiger charge is -2.05. The molecule has 0 aliphatic rings. The lowest BCUT2D eigenvalue weighted by Crippen LogP contribution is -2.23. The molecule has 4 N–H and O–H groups in total. The van der Waals surface area contributed by atoms with Crippen LogP contribution in [0.1, 0.15) is 22.0 Å². The van der Waals surface area contributed by atoms with Gasteiger partial charge >= 0.3 is 0 Å². The molecule has 0 aliphatic carbocycles. The summed E-state index contributed by atoms with van der Waals surface area (Å²) in [4.78, 5) is 26.2. The number of anilines is 1. The Morgan fingerprint density at radius 3 is 2.86 bits per heavy atom. The average molecular weight is 291 g/mol.